The fraction of sp³-hybridized carbons (Fsp3) is 0.208. The summed E-state index contributed by atoms with van der Waals surface area (Å²) in [4.78, 5) is 21.6. The number of halogens is 1. The molecule has 2 aromatic carbocycles. The highest BCUT2D eigenvalue weighted by Crippen LogP contribution is 2.30. The summed E-state index contributed by atoms with van der Waals surface area (Å²) in [5, 5.41) is 6.39. The molecule has 3 heterocycles. The van der Waals surface area contributed by atoms with E-state index < -0.39 is 0 Å². The van der Waals surface area contributed by atoms with Gasteiger partial charge in [-0.3, -0.25) is 9.48 Å². The number of benzene rings is 2. The summed E-state index contributed by atoms with van der Waals surface area (Å²) in [6, 6.07) is 21.6. The summed E-state index contributed by atoms with van der Waals surface area (Å²) in [5.74, 6) is 1.02. The number of hydrogen-bond donors (Lipinski definition) is 0. The molecule has 4 aromatic rings. The molecule has 1 aliphatic rings. The maximum absolute atomic E-state index is 13.1. The van der Waals surface area contributed by atoms with Gasteiger partial charge in [-0.25, -0.2) is 4.98 Å². The molecule has 1 saturated heterocycles. The van der Waals surface area contributed by atoms with Crippen LogP contribution in [0.3, 0.4) is 0 Å². The average Bonchev–Trinajstić information content (AvgIpc) is 3.17. The Hall–Kier alpha value is -3.38. The van der Waals surface area contributed by atoms with E-state index in [4.69, 9.17) is 16.7 Å². The van der Waals surface area contributed by atoms with Gasteiger partial charge in [0, 0.05) is 48.3 Å². The van der Waals surface area contributed by atoms with E-state index in [2.05, 4.69) is 9.88 Å². The van der Waals surface area contributed by atoms with Gasteiger partial charge in [0.05, 0.1) is 5.52 Å². The minimum absolute atomic E-state index is 0.0691. The smallest absolute Gasteiger partial charge is 0.244 e. The Morgan fingerprint density at radius 1 is 0.935 bits per heavy atom. The minimum atomic E-state index is 0.0691. The molecule has 0 bridgehead atoms. The first-order valence-electron chi connectivity index (χ1n) is 10.3. The SMILES string of the molecule is O=C(Cn1nc(-c2ccccc2)c2cc(Cl)ccc21)N1CCN(c2ccccn2)CC1. The maximum Gasteiger partial charge on any atom is 0.244 e. The fourth-order valence-corrected chi connectivity index (χ4v) is 4.21. The zero-order valence-corrected chi connectivity index (χ0v) is 17.7. The van der Waals surface area contributed by atoms with E-state index in [1.54, 1.807) is 10.9 Å². The van der Waals surface area contributed by atoms with Crippen LogP contribution in [0, 0.1) is 0 Å². The summed E-state index contributed by atoms with van der Waals surface area (Å²) in [5.41, 5.74) is 2.75. The molecule has 1 fully saturated rings. The average molecular weight is 432 g/mol. The van der Waals surface area contributed by atoms with Gasteiger partial charge in [-0.1, -0.05) is 48.0 Å². The molecule has 0 atom stereocenters. The van der Waals surface area contributed by atoms with Gasteiger partial charge in [-0.05, 0) is 30.3 Å². The molecule has 31 heavy (non-hydrogen) atoms. The van der Waals surface area contributed by atoms with Gasteiger partial charge in [0.25, 0.3) is 0 Å². The molecule has 6 nitrogen and oxygen atoms in total. The Kier molecular flexibility index (Phi) is 5.30. The van der Waals surface area contributed by atoms with Gasteiger partial charge in [0.2, 0.25) is 5.91 Å². The number of hydrogen-bond acceptors (Lipinski definition) is 4. The maximum atomic E-state index is 13.1. The lowest BCUT2D eigenvalue weighted by atomic mass is 10.1. The van der Waals surface area contributed by atoms with E-state index in [1.807, 2.05) is 71.6 Å². The third kappa shape index (κ3) is 3.99. The predicted octanol–water partition coefficient (Wildman–Crippen LogP) is 4.10. The normalized spacial score (nSPS) is 14.2. The molecule has 5 rings (SSSR count). The molecule has 7 heteroatoms. The van der Waals surface area contributed by atoms with E-state index in [0.29, 0.717) is 18.1 Å². The third-order valence-corrected chi connectivity index (χ3v) is 5.89. The standard InChI is InChI=1S/C24H22ClN5O/c25-19-9-10-21-20(16-19)24(18-6-2-1-3-7-18)27-30(21)17-23(31)29-14-12-28(13-15-29)22-8-4-5-11-26-22/h1-11,16H,12-15,17H2. The van der Waals surface area contributed by atoms with Gasteiger partial charge in [0.1, 0.15) is 18.1 Å². The molecular formula is C24H22ClN5O. The number of rotatable bonds is 4. The van der Waals surface area contributed by atoms with Crippen molar-refractivity contribution < 1.29 is 4.79 Å². The lowest BCUT2D eigenvalue weighted by molar-refractivity contribution is -0.132. The molecule has 1 amide bonds. The van der Waals surface area contributed by atoms with Crippen LogP contribution in [0.15, 0.2) is 72.9 Å². The van der Waals surface area contributed by atoms with Crippen molar-refractivity contribution >= 4 is 34.2 Å². The number of nitrogens with zero attached hydrogens (tertiary/aromatic N) is 5. The van der Waals surface area contributed by atoms with Crippen molar-refractivity contribution in [2.45, 2.75) is 6.54 Å². The molecule has 0 saturated carbocycles. The topological polar surface area (TPSA) is 54.3 Å². The van der Waals surface area contributed by atoms with Crippen LogP contribution in [0.25, 0.3) is 22.2 Å². The highest BCUT2D eigenvalue weighted by atomic mass is 35.5. The summed E-state index contributed by atoms with van der Waals surface area (Å²) in [7, 11) is 0. The van der Waals surface area contributed by atoms with Gasteiger partial charge in [0.15, 0.2) is 0 Å². The van der Waals surface area contributed by atoms with E-state index in [0.717, 1.165) is 41.1 Å². The number of anilines is 1. The molecular weight excluding hydrogens is 410 g/mol. The zero-order valence-electron chi connectivity index (χ0n) is 17.0. The molecule has 1 aliphatic heterocycles. The summed E-state index contributed by atoms with van der Waals surface area (Å²) in [6.07, 6.45) is 1.80. The van der Waals surface area contributed by atoms with E-state index in [9.17, 15) is 4.79 Å². The fourth-order valence-electron chi connectivity index (χ4n) is 4.04. The molecule has 0 unspecified atom stereocenters. The first-order chi connectivity index (χ1) is 15.2. The zero-order chi connectivity index (χ0) is 21.2. The lowest BCUT2D eigenvalue weighted by Crippen LogP contribution is -2.49. The number of piperazine rings is 1. The molecule has 0 N–H and O–H groups in total. The second-order valence-electron chi connectivity index (χ2n) is 7.59. The quantitative estimate of drug-likeness (QED) is 0.488. The monoisotopic (exact) mass is 431 g/mol. The van der Waals surface area contributed by atoms with Crippen LogP contribution in [0.4, 0.5) is 5.82 Å². The Labute approximate surface area is 185 Å². The van der Waals surface area contributed by atoms with Crippen LogP contribution in [-0.4, -0.2) is 51.8 Å². The number of fused-ring (bicyclic) bond motifs is 1. The van der Waals surface area contributed by atoms with Crippen molar-refractivity contribution in [2.24, 2.45) is 0 Å². The molecule has 0 spiro atoms. The number of amides is 1. The van der Waals surface area contributed by atoms with Gasteiger partial charge in [-0.2, -0.15) is 5.10 Å². The largest absolute Gasteiger partial charge is 0.353 e. The Morgan fingerprint density at radius 2 is 1.71 bits per heavy atom. The van der Waals surface area contributed by atoms with Crippen LogP contribution in [0.1, 0.15) is 0 Å². The van der Waals surface area contributed by atoms with Crippen LogP contribution in [0.2, 0.25) is 5.02 Å². The Bertz CT molecular complexity index is 1200. The van der Waals surface area contributed by atoms with Crippen LogP contribution >= 0.6 is 11.6 Å². The predicted molar refractivity (Wildman–Crippen MR) is 123 cm³/mol. The van der Waals surface area contributed by atoms with Crippen molar-refractivity contribution in [2.75, 3.05) is 31.1 Å². The van der Waals surface area contributed by atoms with Crippen molar-refractivity contribution in [3.63, 3.8) is 0 Å². The second-order valence-corrected chi connectivity index (χ2v) is 8.03. The van der Waals surface area contributed by atoms with E-state index >= 15 is 0 Å². The Balaban J connectivity index is 1.36. The van der Waals surface area contributed by atoms with E-state index in [1.165, 1.54) is 0 Å². The summed E-state index contributed by atoms with van der Waals surface area (Å²) >= 11 is 6.26. The lowest BCUT2D eigenvalue weighted by Gasteiger charge is -2.35. The van der Waals surface area contributed by atoms with Gasteiger partial charge >= 0.3 is 0 Å². The summed E-state index contributed by atoms with van der Waals surface area (Å²) in [6.45, 7) is 3.09. The van der Waals surface area contributed by atoms with Crippen molar-refractivity contribution in [3.05, 3.63) is 77.9 Å². The first-order valence-corrected chi connectivity index (χ1v) is 10.7. The van der Waals surface area contributed by atoms with Crippen LogP contribution in [-0.2, 0) is 11.3 Å². The van der Waals surface area contributed by atoms with Crippen LogP contribution < -0.4 is 4.90 Å². The van der Waals surface area contributed by atoms with Gasteiger partial charge in [-0.15, -0.1) is 0 Å². The van der Waals surface area contributed by atoms with Crippen LogP contribution in [0.5, 0.6) is 0 Å². The van der Waals surface area contributed by atoms with E-state index in [-0.39, 0.29) is 12.5 Å². The highest BCUT2D eigenvalue weighted by Gasteiger charge is 2.23. The number of pyridine rings is 1. The third-order valence-electron chi connectivity index (χ3n) is 5.65. The molecule has 156 valence electrons. The highest BCUT2D eigenvalue weighted by molar-refractivity contribution is 6.31. The number of carbonyl (C=O) groups excluding carboxylic acids is 1. The summed E-state index contributed by atoms with van der Waals surface area (Å²) < 4.78 is 1.79. The minimum Gasteiger partial charge on any atom is -0.353 e. The first kappa shape index (κ1) is 19.6. The van der Waals surface area contributed by atoms with Crippen molar-refractivity contribution in [1.82, 2.24) is 19.7 Å². The molecule has 0 radical (unpaired) electrons. The molecule has 2 aromatic heterocycles. The molecule has 0 aliphatic carbocycles. The Morgan fingerprint density at radius 3 is 2.45 bits per heavy atom. The second kappa shape index (κ2) is 8.40. The van der Waals surface area contributed by atoms with Crippen molar-refractivity contribution in [3.8, 4) is 11.3 Å². The number of aromatic nitrogens is 3. The number of carbonyl (C=O) groups is 1. The van der Waals surface area contributed by atoms with Crippen molar-refractivity contribution in [1.29, 1.82) is 0 Å². The van der Waals surface area contributed by atoms with Gasteiger partial charge < -0.3 is 9.80 Å².